The molecule has 1 aromatic rings. The minimum absolute atomic E-state index is 0.0943. The fraction of sp³-hybridized carbons (Fsp3) is 0.462. The lowest BCUT2D eigenvalue weighted by Crippen LogP contribution is -2.34. The van der Waals surface area contributed by atoms with Crippen LogP contribution in [0.2, 0.25) is 0 Å². The third-order valence-electron chi connectivity index (χ3n) is 3.27. The monoisotopic (exact) mass is 323 g/mol. The largest absolute Gasteiger partial charge is 0.501 e. The highest BCUT2D eigenvalue weighted by molar-refractivity contribution is 7.92. The number of benzene rings is 1. The lowest BCUT2D eigenvalue weighted by atomic mass is 10.1. The summed E-state index contributed by atoms with van der Waals surface area (Å²) in [4.78, 5) is 12.6. The molecule has 1 rings (SSSR count). The van der Waals surface area contributed by atoms with Crippen LogP contribution in [-0.2, 0) is 9.84 Å². The summed E-state index contributed by atoms with van der Waals surface area (Å²) in [6, 6.07) is 3.88. The number of halogens is 3. The lowest BCUT2D eigenvalue weighted by molar-refractivity contribution is -0.0436. The van der Waals surface area contributed by atoms with Gasteiger partial charge in [0.2, 0.25) is 0 Å². The van der Waals surface area contributed by atoms with Gasteiger partial charge < -0.3 is 4.90 Å². The van der Waals surface area contributed by atoms with Crippen LogP contribution >= 0.6 is 0 Å². The van der Waals surface area contributed by atoms with E-state index in [2.05, 4.69) is 0 Å². The normalized spacial score (nSPS) is 13.8. The van der Waals surface area contributed by atoms with Gasteiger partial charge in [0.05, 0.1) is 4.90 Å². The smallest absolute Gasteiger partial charge is 0.339 e. The van der Waals surface area contributed by atoms with Gasteiger partial charge in [-0.2, -0.15) is 13.2 Å². The summed E-state index contributed by atoms with van der Waals surface area (Å²) in [6.45, 7) is 3.65. The maximum absolute atomic E-state index is 12.5. The number of rotatable bonds is 4. The van der Waals surface area contributed by atoms with Gasteiger partial charge in [-0.05, 0) is 31.5 Å². The molecule has 0 aliphatic heterocycles. The topological polar surface area (TPSA) is 54.5 Å². The molecule has 1 atom stereocenters. The molecule has 0 heterocycles. The first-order valence-electron chi connectivity index (χ1n) is 6.21. The quantitative estimate of drug-likeness (QED) is 0.856. The number of nitrogens with zero attached hydrogens (tertiary/aromatic N) is 1. The first-order valence-corrected chi connectivity index (χ1v) is 7.69. The second-order valence-corrected chi connectivity index (χ2v) is 6.59. The third-order valence-corrected chi connectivity index (χ3v) is 4.75. The van der Waals surface area contributed by atoms with E-state index in [1.165, 1.54) is 18.0 Å². The predicted octanol–water partition coefficient (Wildman–Crippen LogP) is 2.85. The summed E-state index contributed by atoms with van der Waals surface area (Å²) in [6.07, 6.45) is 0.669. The van der Waals surface area contributed by atoms with E-state index >= 15 is 0 Å². The molecular weight excluding hydrogens is 307 g/mol. The Hall–Kier alpha value is -1.57. The van der Waals surface area contributed by atoms with Crippen molar-refractivity contribution in [1.29, 1.82) is 0 Å². The summed E-state index contributed by atoms with van der Waals surface area (Å²) in [7, 11) is -3.94. The molecule has 0 radical (unpaired) electrons. The molecule has 0 N–H and O–H groups in total. The summed E-state index contributed by atoms with van der Waals surface area (Å²) in [5.74, 6) is -0.524. The predicted molar refractivity (Wildman–Crippen MR) is 71.5 cm³/mol. The van der Waals surface area contributed by atoms with Crippen LogP contribution in [0.15, 0.2) is 29.2 Å². The van der Waals surface area contributed by atoms with Crippen LogP contribution in [-0.4, -0.2) is 37.8 Å². The Kier molecular flexibility index (Phi) is 5.03. The Bertz CT molecular complexity index is 626. The second kappa shape index (κ2) is 6.05. The van der Waals surface area contributed by atoms with Crippen molar-refractivity contribution >= 4 is 15.7 Å². The molecule has 0 fully saturated rings. The zero-order chi connectivity index (χ0) is 16.4. The van der Waals surface area contributed by atoms with Gasteiger partial charge in [0.1, 0.15) is 0 Å². The van der Waals surface area contributed by atoms with E-state index in [1.807, 2.05) is 6.92 Å². The first-order chi connectivity index (χ1) is 9.52. The fourth-order valence-electron chi connectivity index (χ4n) is 1.61. The van der Waals surface area contributed by atoms with E-state index in [4.69, 9.17) is 0 Å². The van der Waals surface area contributed by atoms with Crippen molar-refractivity contribution in [3.05, 3.63) is 29.8 Å². The Morgan fingerprint density at radius 2 is 1.90 bits per heavy atom. The van der Waals surface area contributed by atoms with Gasteiger partial charge >= 0.3 is 5.51 Å². The van der Waals surface area contributed by atoms with Gasteiger partial charge in [-0.1, -0.05) is 13.0 Å². The highest BCUT2D eigenvalue weighted by Gasteiger charge is 2.47. The van der Waals surface area contributed by atoms with Crippen molar-refractivity contribution in [3.63, 3.8) is 0 Å². The Morgan fingerprint density at radius 1 is 1.33 bits per heavy atom. The van der Waals surface area contributed by atoms with Crippen LogP contribution in [0.5, 0.6) is 0 Å². The van der Waals surface area contributed by atoms with Gasteiger partial charge in [0, 0.05) is 18.7 Å². The maximum Gasteiger partial charge on any atom is 0.501 e. The Morgan fingerprint density at radius 3 is 2.38 bits per heavy atom. The number of amides is 1. The minimum Gasteiger partial charge on any atom is -0.339 e. The molecule has 0 aromatic heterocycles. The van der Waals surface area contributed by atoms with Crippen molar-refractivity contribution in [2.24, 2.45) is 0 Å². The van der Waals surface area contributed by atoms with Gasteiger partial charge in [-0.3, -0.25) is 4.79 Å². The number of alkyl halides is 3. The van der Waals surface area contributed by atoms with Gasteiger partial charge in [-0.25, -0.2) is 8.42 Å². The van der Waals surface area contributed by atoms with E-state index in [9.17, 15) is 26.4 Å². The minimum atomic E-state index is -5.45. The van der Waals surface area contributed by atoms with Crippen molar-refractivity contribution in [2.75, 3.05) is 7.05 Å². The van der Waals surface area contributed by atoms with Crippen LogP contribution < -0.4 is 0 Å². The van der Waals surface area contributed by atoms with Gasteiger partial charge in [-0.15, -0.1) is 0 Å². The van der Waals surface area contributed by atoms with Crippen molar-refractivity contribution < 1.29 is 26.4 Å². The second-order valence-electron chi connectivity index (χ2n) is 4.65. The number of hydrogen-bond acceptors (Lipinski definition) is 3. The van der Waals surface area contributed by atoms with E-state index in [0.29, 0.717) is 6.42 Å². The number of sulfone groups is 1. The summed E-state index contributed by atoms with van der Waals surface area (Å²) in [5, 5.41) is 0. The molecule has 0 bridgehead atoms. The van der Waals surface area contributed by atoms with Gasteiger partial charge in [0.15, 0.2) is 0 Å². The molecule has 1 amide bonds. The molecule has 21 heavy (non-hydrogen) atoms. The number of hydrogen-bond donors (Lipinski definition) is 0. The zero-order valence-electron chi connectivity index (χ0n) is 11.8. The highest BCUT2D eigenvalue weighted by atomic mass is 32.2. The molecule has 0 aliphatic rings. The van der Waals surface area contributed by atoms with Crippen LogP contribution in [0.1, 0.15) is 30.6 Å². The van der Waals surface area contributed by atoms with Crippen molar-refractivity contribution in [3.8, 4) is 0 Å². The molecule has 0 spiro atoms. The standard InChI is InChI=1S/C13H16F3NO3S/c1-4-9(2)17(3)12(18)10-6-5-7-11(8-10)21(19,20)13(14,15)16/h5-9H,4H2,1-3H3. The zero-order valence-corrected chi connectivity index (χ0v) is 12.6. The lowest BCUT2D eigenvalue weighted by Gasteiger charge is -2.24. The van der Waals surface area contributed by atoms with E-state index in [0.717, 1.165) is 18.2 Å². The molecule has 1 aromatic carbocycles. The molecule has 0 saturated heterocycles. The average Bonchev–Trinajstić information content (AvgIpc) is 2.43. The number of carbonyl (C=O) groups excluding carboxylic acids is 1. The molecule has 4 nitrogen and oxygen atoms in total. The molecular formula is C13H16F3NO3S. The van der Waals surface area contributed by atoms with Crippen LogP contribution in [0.4, 0.5) is 13.2 Å². The van der Waals surface area contributed by atoms with E-state index in [-0.39, 0.29) is 11.6 Å². The van der Waals surface area contributed by atoms with Crippen molar-refractivity contribution in [2.45, 2.75) is 36.7 Å². The summed E-state index contributed by atoms with van der Waals surface area (Å²) >= 11 is 0. The van der Waals surface area contributed by atoms with Crippen molar-refractivity contribution in [1.82, 2.24) is 4.90 Å². The van der Waals surface area contributed by atoms with Crippen LogP contribution in [0.3, 0.4) is 0 Å². The van der Waals surface area contributed by atoms with Crippen LogP contribution in [0, 0.1) is 0 Å². The SMILES string of the molecule is CCC(C)N(C)C(=O)c1cccc(S(=O)(=O)C(F)(F)F)c1. The summed E-state index contributed by atoms with van der Waals surface area (Å²) < 4.78 is 60.2. The van der Waals surface area contributed by atoms with Crippen LogP contribution in [0.25, 0.3) is 0 Å². The average molecular weight is 323 g/mol. The van der Waals surface area contributed by atoms with E-state index < -0.39 is 26.1 Å². The molecule has 1 unspecified atom stereocenters. The summed E-state index contributed by atoms with van der Waals surface area (Å²) in [5.41, 5.74) is -5.49. The maximum atomic E-state index is 12.5. The highest BCUT2D eigenvalue weighted by Crippen LogP contribution is 2.30. The fourth-order valence-corrected chi connectivity index (χ4v) is 2.41. The number of carbonyl (C=O) groups is 1. The molecule has 8 heteroatoms. The van der Waals surface area contributed by atoms with E-state index in [1.54, 1.807) is 6.92 Å². The molecule has 118 valence electrons. The first kappa shape index (κ1) is 17.5. The Balaban J connectivity index is 3.22. The molecule has 0 aliphatic carbocycles. The Labute approximate surface area is 121 Å². The van der Waals surface area contributed by atoms with Gasteiger partial charge in [0.25, 0.3) is 15.7 Å². The third kappa shape index (κ3) is 3.55. The molecule has 0 saturated carbocycles.